The van der Waals surface area contributed by atoms with Gasteiger partial charge in [-0.1, -0.05) is 25.1 Å². The monoisotopic (exact) mass is 595 g/mol. The number of aryl methyl sites for hydroxylation is 1. The van der Waals surface area contributed by atoms with Gasteiger partial charge in [0.05, 0.1) is 18.2 Å². The van der Waals surface area contributed by atoms with Gasteiger partial charge in [0.25, 0.3) is 0 Å². The lowest BCUT2D eigenvalue weighted by atomic mass is 10.0. The molecule has 5 rings (SSSR count). The highest BCUT2D eigenvalue weighted by Crippen LogP contribution is 2.35. The Kier molecular flexibility index (Phi) is 9.16. The van der Waals surface area contributed by atoms with Crippen LogP contribution in [-0.4, -0.2) is 68.2 Å². The predicted molar refractivity (Wildman–Crippen MR) is 155 cm³/mol. The van der Waals surface area contributed by atoms with E-state index in [4.69, 9.17) is 0 Å². The molecule has 0 bridgehead atoms. The molecular formula is C31H33F4N7O. The van der Waals surface area contributed by atoms with Crippen molar-refractivity contribution < 1.29 is 22.4 Å². The first-order valence-corrected chi connectivity index (χ1v) is 14.1. The van der Waals surface area contributed by atoms with Gasteiger partial charge in [-0.25, -0.2) is 14.4 Å². The van der Waals surface area contributed by atoms with Gasteiger partial charge in [-0.3, -0.25) is 14.4 Å². The van der Waals surface area contributed by atoms with E-state index in [2.05, 4.69) is 32.2 Å². The second-order valence-corrected chi connectivity index (χ2v) is 10.7. The zero-order valence-electron chi connectivity index (χ0n) is 24.0. The number of amides is 1. The van der Waals surface area contributed by atoms with Crippen LogP contribution >= 0.6 is 0 Å². The van der Waals surface area contributed by atoms with Gasteiger partial charge in [0.1, 0.15) is 11.6 Å². The van der Waals surface area contributed by atoms with Crippen molar-refractivity contribution in [1.82, 2.24) is 29.5 Å². The summed E-state index contributed by atoms with van der Waals surface area (Å²) < 4.78 is 58.5. The molecule has 0 saturated carbocycles. The number of piperazine rings is 1. The maximum Gasteiger partial charge on any atom is 0.416 e. The van der Waals surface area contributed by atoms with Crippen molar-refractivity contribution in [3.8, 4) is 11.1 Å². The van der Waals surface area contributed by atoms with Crippen LogP contribution in [0.4, 0.5) is 23.2 Å². The summed E-state index contributed by atoms with van der Waals surface area (Å²) >= 11 is 0. The molecular weight excluding hydrogens is 562 g/mol. The van der Waals surface area contributed by atoms with Crippen LogP contribution in [0.3, 0.4) is 0 Å². The maximum atomic E-state index is 15.0. The minimum atomic E-state index is -4.58. The van der Waals surface area contributed by atoms with Gasteiger partial charge in [0.2, 0.25) is 5.91 Å². The lowest BCUT2D eigenvalue weighted by Crippen LogP contribution is -2.45. The molecule has 1 amide bonds. The summed E-state index contributed by atoms with van der Waals surface area (Å²) in [7, 11) is 1.83. The number of alkyl halides is 3. The van der Waals surface area contributed by atoms with Crippen molar-refractivity contribution in [2.24, 2.45) is 7.05 Å². The van der Waals surface area contributed by atoms with Gasteiger partial charge in [0.15, 0.2) is 0 Å². The number of rotatable bonds is 9. The average molecular weight is 596 g/mol. The van der Waals surface area contributed by atoms with Crippen LogP contribution in [-0.2, 0) is 37.4 Å². The molecule has 0 atom stereocenters. The molecule has 1 saturated heterocycles. The number of halogens is 4. The third-order valence-corrected chi connectivity index (χ3v) is 7.57. The molecule has 4 aromatic rings. The zero-order chi connectivity index (χ0) is 30.6. The van der Waals surface area contributed by atoms with Crippen molar-refractivity contribution in [3.05, 3.63) is 95.1 Å². The Morgan fingerprint density at radius 2 is 1.63 bits per heavy atom. The van der Waals surface area contributed by atoms with Crippen LogP contribution in [0.15, 0.2) is 61.2 Å². The summed E-state index contributed by atoms with van der Waals surface area (Å²) in [6.45, 7) is 6.18. The Morgan fingerprint density at radius 3 is 2.26 bits per heavy atom. The smallest absolute Gasteiger partial charge is 0.326 e. The molecule has 43 heavy (non-hydrogen) atoms. The molecule has 1 N–H and O–H groups in total. The quantitative estimate of drug-likeness (QED) is 0.276. The van der Waals surface area contributed by atoms with Gasteiger partial charge in [-0.15, -0.1) is 0 Å². The number of hydrogen-bond donors (Lipinski definition) is 1. The van der Waals surface area contributed by atoms with E-state index in [0.717, 1.165) is 31.3 Å². The molecule has 0 unspecified atom stereocenters. The van der Waals surface area contributed by atoms with E-state index < -0.39 is 23.5 Å². The molecule has 2 aromatic carbocycles. The summed E-state index contributed by atoms with van der Waals surface area (Å²) in [6.07, 6.45) is 2.42. The zero-order valence-corrected chi connectivity index (χ0v) is 24.0. The second-order valence-electron chi connectivity index (χ2n) is 10.7. The highest BCUT2D eigenvalue weighted by molar-refractivity contribution is 5.92. The highest BCUT2D eigenvalue weighted by Gasteiger charge is 2.34. The van der Waals surface area contributed by atoms with Crippen molar-refractivity contribution in [1.29, 1.82) is 0 Å². The van der Waals surface area contributed by atoms with Crippen LogP contribution in [0.25, 0.3) is 11.1 Å². The molecule has 2 aromatic heterocycles. The molecule has 3 heterocycles. The van der Waals surface area contributed by atoms with E-state index in [1.807, 2.05) is 18.1 Å². The van der Waals surface area contributed by atoms with Gasteiger partial charge in [0, 0.05) is 76.0 Å². The lowest BCUT2D eigenvalue weighted by molar-refractivity contribution is -0.138. The SMILES string of the molecule is CCN1CCN(Cc2ccc(NC(=O)Cc3ccc(-c4cnc(Cc5cnn(C)c5)nc4)cc3F)cc2C(F)(F)F)CC1. The fourth-order valence-corrected chi connectivity index (χ4v) is 5.15. The van der Waals surface area contributed by atoms with E-state index in [9.17, 15) is 22.4 Å². The Hall–Kier alpha value is -4.16. The Bertz CT molecular complexity index is 1560. The average Bonchev–Trinajstić information content (AvgIpc) is 3.39. The fraction of sp³-hybridized carbons (Fsp3) is 0.355. The highest BCUT2D eigenvalue weighted by atomic mass is 19.4. The van der Waals surface area contributed by atoms with Crippen molar-refractivity contribution in [2.45, 2.75) is 32.5 Å². The van der Waals surface area contributed by atoms with Crippen LogP contribution in [0, 0.1) is 5.82 Å². The molecule has 1 aliphatic heterocycles. The molecule has 1 fully saturated rings. The van der Waals surface area contributed by atoms with Crippen molar-refractivity contribution in [3.63, 3.8) is 0 Å². The normalized spacial score (nSPS) is 14.7. The van der Waals surface area contributed by atoms with E-state index in [0.29, 0.717) is 36.5 Å². The Balaban J connectivity index is 1.22. The van der Waals surface area contributed by atoms with Crippen molar-refractivity contribution in [2.75, 3.05) is 38.0 Å². The van der Waals surface area contributed by atoms with Gasteiger partial charge < -0.3 is 10.2 Å². The van der Waals surface area contributed by atoms with E-state index in [1.54, 1.807) is 29.3 Å². The molecule has 226 valence electrons. The van der Waals surface area contributed by atoms with Crippen LogP contribution in [0.5, 0.6) is 0 Å². The fourth-order valence-electron chi connectivity index (χ4n) is 5.15. The molecule has 0 aliphatic carbocycles. The number of nitrogens with one attached hydrogen (secondary N) is 1. The Morgan fingerprint density at radius 1 is 0.930 bits per heavy atom. The van der Waals surface area contributed by atoms with E-state index >= 15 is 0 Å². The largest absolute Gasteiger partial charge is 0.416 e. The maximum absolute atomic E-state index is 15.0. The molecule has 0 radical (unpaired) electrons. The summed E-state index contributed by atoms with van der Waals surface area (Å²) in [5.41, 5.74) is 1.62. The minimum absolute atomic E-state index is 0.0115. The summed E-state index contributed by atoms with van der Waals surface area (Å²) in [5, 5.41) is 6.62. The minimum Gasteiger partial charge on any atom is -0.326 e. The van der Waals surface area contributed by atoms with E-state index in [1.165, 1.54) is 24.3 Å². The number of hydrogen-bond acceptors (Lipinski definition) is 6. The third-order valence-electron chi connectivity index (χ3n) is 7.57. The number of benzene rings is 2. The van der Waals surface area contributed by atoms with Crippen LogP contribution in [0.1, 0.15) is 35.0 Å². The number of likely N-dealkylation sites (N-methyl/N-ethyl adjacent to an activating group) is 1. The topological polar surface area (TPSA) is 79.2 Å². The molecule has 12 heteroatoms. The first-order chi connectivity index (χ1) is 20.6. The van der Waals surface area contributed by atoms with E-state index in [-0.39, 0.29) is 29.8 Å². The van der Waals surface area contributed by atoms with Crippen LogP contribution in [0.2, 0.25) is 0 Å². The molecule has 1 aliphatic rings. The van der Waals surface area contributed by atoms with Gasteiger partial charge in [-0.2, -0.15) is 18.3 Å². The lowest BCUT2D eigenvalue weighted by Gasteiger charge is -2.34. The van der Waals surface area contributed by atoms with Gasteiger partial charge >= 0.3 is 6.18 Å². The Labute approximate surface area is 247 Å². The molecule has 0 spiro atoms. The number of nitrogens with zero attached hydrogens (tertiary/aromatic N) is 6. The van der Waals surface area contributed by atoms with Gasteiger partial charge in [-0.05, 0) is 47.0 Å². The predicted octanol–water partition coefficient (Wildman–Crippen LogP) is 4.94. The summed E-state index contributed by atoms with van der Waals surface area (Å²) in [6, 6.07) is 8.25. The van der Waals surface area contributed by atoms with Crippen molar-refractivity contribution >= 4 is 11.6 Å². The number of anilines is 1. The second kappa shape index (κ2) is 13.0. The standard InChI is InChI=1S/C31H33F4N7O/c1-3-41-8-10-42(11-9-41)20-24-6-7-26(15-27(24)31(33,34)35)39-30(43)14-23-5-4-22(13-28(23)32)25-17-36-29(37-18-25)12-21-16-38-40(2)19-21/h4-7,13,15-19H,3,8-12,14,20H2,1-2H3,(H,39,43). The van der Waals surface area contributed by atoms with Crippen LogP contribution < -0.4 is 5.32 Å². The third kappa shape index (κ3) is 7.82. The number of carbonyl (C=O) groups excluding carboxylic acids is 1. The summed E-state index contributed by atoms with van der Waals surface area (Å²) in [4.78, 5) is 25.7. The first kappa shape index (κ1) is 30.3. The first-order valence-electron chi connectivity index (χ1n) is 14.1. The number of aromatic nitrogens is 4. The summed E-state index contributed by atoms with van der Waals surface area (Å²) in [5.74, 6) is -0.630. The molecule has 8 nitrogen and oxygen atoms in total. The number of carbonyl (C=O) groups is 1.